The van der Waals surface area contributed by atoms with Crippen LogP contribution < -0.4 is 0 Å². The second-order valence-electron chi connectivity index (χ2n) is 7.29. The lowest BCUT2D eigenvalue weighted by molar-refractivity contribution is 0.0146. The van der Waals surface area contributed by atoms with E-state index in [1.807, 2.05) is 0 Å². The molecule has 3 heterocycles. The van der Waals surface area contributed by atoms with Crippen LogP contribution in [0, 0.1) is 11.8 Å². The molecule has 1 aromatic carbocycles. The third-order valence-electron chi connectivity index (χ3n) is 6.35. The molecule has 21 heavy (non-hydrogen) atoms. The van der Waals surface area contributed by atoms with Gasteiger partial charge in [0.15, 0.2) is 0 Å². The highest BCUT2D eigenvalue weighted by Gasteiger charge is 2.43. The largest absolute Gasteiger partial charge is 0.357 e. The predicted molar refractivity (Wildman–Crippen MR) is 86.4 cm³/mol. The maximum absolute atomic E-state index is 3.81. The zero-order valence-corrected chi connectivity index (χ0v) is 12.6. The van der Waals surface area contributed by atoms with Gasteiger partial charge in [0.05, 0.1) is 6.04 Å². The van der Waals surface area contributed by atoms with E-state index in [-0.39, 0.29) is 0 Å². The van der Waals surface area contributed by atoms with Crippen LogP contribution in [0.1, 0.15) is 49.4 Å². The zero-order valence-electron chi connectivity index (χ0n) is 12.6. The third kappa shape index (κ3) is 1.75. The van der Waals surface area contributed by atoms with Crippen molar-refractivity contribution in [1.29, 1.82) is 0 Å². The summed E-state index contributed by atoms with van der Waals surface area (Å²) < 4.78 is 0. The van der Waals surface area contributed by atoms with E-state index in [0.29, 0.717) is 6.04 Å². The van der Waals surface area contributed by atoms with Crippen LogP contribution in [0.4, 0.5) is 0 Å². The van der Waals surface area contributed by atoms with Crippen molar-refractivity contribution in [3.8, 4) is 0 Å². The number of benzene rings is 1. The van der Waals surface area contributed by atoms with Crippen LogP contribution in [-0.2, 0) is 6.42 Å². The predicted octanol–water partition coefficient (Wildman–Crippen LogP) is 4.28. The number of nitrogens with one attached hydrogen (secondary N) is 1. The molecule has 1 N–H and O–H groups in total. The number of nitrogens with zero attached hydrogens (tertiary/aromatic N) is 1. The van der Waals surface area contributed by atoms with Gasteiger partial charge in [0.2, 0.25) is 0 Å². The molecule has 0 unspecified atom stereocenters. The van der Waals surface area contributed by atoms with Gasteiger partial charge >= 0.3 is 0 Å². The summed E-state index contributed by atoms with van der Waals surface area (Å²) in [5, 5.41) is 1.48. The molecule has 2 fully saturated rings. The number of H-pyrrole nitrogens is 1. The van der Waals surface area contributed by atoms with E-state index in [4.69, 9.17) is 0 Å². The molecule has 2 heteroatoms. The number of hydrogen-bond donors (Lipinski definition) is 1. The number of rotatable bonds is 0. The van der Waals surface area contributed by atoms with Crippen LogP contribution in [0.2, 0.25) is 0 Å². The summed E-state index contributed by atoms with van der Waals surface area (Å²) >= 11 is 0. The molecule has 1 saturated heterocycles. The van der Waals surface area contributed by atoms with Crippen molar-refractivity contribution in [3.63, 3.8) is 0 Å². The lowest BCUT2D eigenvalue weighted by Crippen LogP contribution is -2.47. The van der Waals surface area contributed by atoms with E-state index in [1.54, 1.807) is 11.3 Å². The highest BCUT2D eigenvalue weighted by atomic mass is 15.2. The summed E-state index contributed by atoms with van der Waals surface area (Å²) in [4.78, 5) is 6.59. The van der Waals surface area contributed by atoms with E-state index in [1.165, 1.54) is 62.5 Å². The summed E-state index contributed by atoms with van der Waals surface area (Å²) in [5.74, 6) is 1.89. The lowest BCUT2D eigenvalue weighted by Gasteiger charge is -2.49. The summed E-state index contributed by atoms with van der Waals surface area (Å²) in [5.41, 5.74) is 4.54. The third-order valence-corrected chi connectivity index (χ3v) is 6.35. The van der Waals surface area contributed by atoms with Gasteiger partial charge < -0.3 is 4.98 Å². The van der Waals surface area contributed by atoms with E-state index in [0.717, 1.165) is 11.8 Å². The van der Waals surface area contributed by atoms with Crippen molar-refractivity contribution in [2.45, 2.75) is 44.6 Å². The number of hydrogen-bond acceptors (Lipinski definition) is 1. The van der Waals surface area contributed by atoms with Gasteiger partial charge in [-0.25, -0.2) is 0 Å². The molecule has 0 amide bonds. The average Bonchev–Trinajstić information content (AvgIpc) is 2.93. The number of para-hydroxylation sites is 1. The van der Waals surface area contributed by atoms with Crippen molar-refractivity contribution in [2.24, 2.45) is 11.8 Å². The van der Waals surface area contributed by atoms with Gasteiger partial charge in [-0.15, -0.1) is 0 Å². The molecule has 0 bridgehead atoms. The van der Waals surface area contributed by atoms with Crippen molar-refractivity contribution >= 4 is 10.9 Å². The Bertz CT molecular complexity index is 671. The van der Waals surface area contributed by atoms with Gasteiger partial charge in [-0.3, -0.25) is 4.90 Å². The first-order valence-electron chi connectivity index (χ1n) is 8.75. The molecule has 5 rings (SSSR count). The van der Waals surface area contributed by atoms with Crippen molar-refractivity contribution < 1.29 is 0 Å². The standard InChI is InChI=1S/C19H24N2/c1-2-6-14-13(5-1)9-11-21-12-10-16-15-7-3-4-8-17(15)20-18(16)19(14)21/h3-4,7-8,13-14,19-20H,1-2,5-6,9-12H2/t13-,14+,19+/m0/s1. The van der Waals surface area contributed by atoms with Gasteiger partial charge in [-0.1, -0.05) is 37.5 Å². The Kier molecular flexibility index (Phi) is 2.69. The second kappa shape index (κ2) is 4.61. The monoisotopic (exact) mass is 280 g/mol. The SMILES string of the molecule is c1ccc2c3c([nH]c2c1)[C@H]1[C@@H]2CCCC[C@H]2CCN1CC3. The molecule has 2 aliphatic heterocycles. The molecule has 1 saturated carbocycles. The summed E-state index contributed by atoms with van der Waals surface area (Å²) in [6.07, 6.45) is 8.50. The average molecular weight is 280 g/mol. The van der Waals surface area contributed by atoms with Crippen LogP contribution >= 0.6 is 0 Å². The fourth-order valence-electron chi connectivity index (χ4n) is 5.40. The Morgan fingerprint density at radius 2 is 1.90 bits per heavy atom. The Balaban J connectivity index is 1.65. The molecule has 3 atom stereocenters. The minimum Gasteiger partial charge on any atom is -0.357 e. The van der Waals surface area contributed by atoms with E-state index in [9.17, 15) is 0 Å². The number of aromatic amines is 1. The Morgan fingerprint density at radius 1 is 1.00 bits per heavy atom. The minimum absolute atomic E-state index is 0.681. The summed E-state index contributed by atoms with van der Waals surface area (Å²) in [6.45, 7) is 2.59. The Morgan fingerprint density at radius 3 is 2.90 bits per heavy atom. The molecule has 1 aromatic heterocycles. The lowest BCUT2D eigenvalue weighted by atomic mass is 9.69. The first-order chi connectivity index (χ1) is 10.4. The molecule has 110 valence electrons. The van der Waals surface area contributed by atoms with Gasteiger partial charge in [-0.05, 0) is 49.3 Å². The highest BCUT2D eigenvalue weighted by molar-refractivity contribution is 5.85. The molecule has 2 nitrogen and oxygen atoms in total. The number of aromatic nitrogens is 1. The smallest absolute Gasteiger partial charge is 0.0532 e. The van der Waals surface area contributed by atoms with Crippen LogP contribution in [0.15, 0.2) is 24.3 Å². The van der Waals surface area contributed by atoms with E-state index >= 15 is 0 Å². The molecule has 2 aromatic rings. The zero-order chi connectivity index (χ0) is 13.8. The Hall–Kier alpha value is -1.28. The van der Waals surface area contributed by atoms with Gasteiger partial charge in [0, 0.05) is 23.1 Å². The first-order valence-corrected chi connectivity index (χ1v) is 8.75. The molecular formula is C19H24N2. The van der Waals surface area contributed by atoms with E-state index < -0.39 is 0 Å². The van der Waals surface area contributed by atoms with Crippen LogP contribution in [0.25, 0.3) is 10.9 Å². The van der Waals surface area contributed by atoms with Gasteiger partial charge in [0.25, 0.3) is 0 Å². The molecule has 0 spiro atoms. The number of piperidine rings is 1. The molecule has 1 aliphatic carbocycles. The van der Waals surface area contributed by atoms with Crippen molar-refractivity contribution in [2.75, 3.05) is 13.1 Å². The first kappa shape index (κ1) is 12.3. The van der Waals surface area contributed by atoms with Gasteiger partial charge in [0.1, 0.15) is 0 Å². The quantitative estimate of drug-likeness (QED) is 0.763. The van der Waals surface area contributed by atoms with Crippen LogP contribution in [0.5, 0.6) is 0 Å². The topological polar surface area (TPSA) is 19.0 Å². The molecular weight excluding hydrogens is 256 g/mol. The maximum atomic E-state index is 3.81. The Labute approximate surface area is 126 Å². The van der Waals surface area contributed by atoms with E-state index in [2.05, 4.69) is 34.1 Å². The minimum atomic E-state index is 0.681. The summed E-state index contributed by atoms with van der Waals surface area (Å²) in [7, 11) is 0. The number of fused-ring (bicyclic) bond motifs is 7. The molecule has 3 aliphatic rings. The second-order valence-corrected chi connectivity index (χ2v) is 7.29. The fourth-order valence-corrected chi connectivity index (χ4v) is 5.40. The maximum Gasteiger partial charge on any atom is 0.0532 e. The van der Waals surface area contributed by atoms with Crippen molar-refractivity contribution in [3.05, 3.63) is 35.5 Å². The fraction of sp³-hybridized carbons (Fsp3) is 0.579. The highest BCUT2D eigenvalue weighted by Crippen LogP contribution is 2.49. The van der Waals surface area contributed by atoms with Gasteiger partial charge in [-0.2, -0.15) is 0 Å². The normalized spacial score (nSPS) is 32.5. The molecule has 0 radical (unpaired) electrons. The van der Waals surface area contributed by atoms with Crippen molar-refractivity contribution in [1.82, 2.24) is 9.88 Å². The van der Waals surface area contributed by atoms with Crippen LogP contribution in [-0.4, -0.2) is 23.0 Å². The van der Waals surface area contributed by atoms with Crippen LogP contribution in [0.3, 0.4) is 0 Å². The summed E-state index contributed by atoms with van der Waals surface area (Å²) in [6, 6.07) is 9.58.